The van der Waals surface area contributed by atoms with E-state index in [0.717, 1.165) is 55.9 Å². The number of benzene rings is 8. The Hall–Kier alpha value is -7.20. The Morgan fingerprint density at radius 1 is 0.407 bits per heavy atom. The third kappa shape index (κ3) is 10.7. The smallest absolute Gasteiger partial charge is 0.135 e. The standard InChI is InChI=1S/C75H77N4O.Pt/c1-70(2,3)54-39-55(71(4,5)6)41-57(40-54)77-49-78(68-48-64(75(14,15)52-31-23-18-24-32-52)63(47-67(68)77)74(12,13)51-29-21-17-22-30-51)58-42-56(72(7,8)9)43-60(45-58)80-59-35-36-62-61-33-25-26-34-65(61)79(66(62)46-59)69-44-53(37-38-76-69)73(10,11)50-27-19-16-20-28-50;/h16-44,47-49H,1-15H3;/q-3;. The molecule has 5 nitrogen and oxygen atoms in total. The fourth-order valence-corrected chi connectivity index (χ4v) is 11.7. The van der Waals surface area contributed by atoms with Gasteiger partial charge in [0.15, 0.2) is 0 Å². The van der Waals surface area contributed by atoms with E-state index in [4.69, 9.17) is 9.72 Å². The van der Waals surface area contributed by atoms with Gasteiger partial charge in [0.05, 0.1) is 0 Å². The molecule has 0 amide bonds. The molecule has 10 aromatic rings. The average Bonchev–Trinajstić information content (AvgIpc) is 4.01. The van der Waals surface area contributed by atoms with Gasteiger partial charge >= 0.3 is 0 Å². The summed E-state index contributed by atoms with van der Waals surface area (Å²) in [6.07, 6.45) is 1.93. The molecule has 0 unspecified atom stereocenters. The topological polar surface area (TPSA) is 33.5 Å². The van der Waals surface area contributed by atoms with Crippen LogP contribution in [-0.2, 0) is 53.6 Å². The Kier molecular flexibility index (Phi) is 14.8. The summed E-state index contributed by atoms with van der Waals surface area (Å²) < 4.78 is 9.33. The van der Waals surface area contributed by atoms with Crippen LogP contribution in [0.1, 0.15) is 154 Å². The van der Waals surface area contributed by atoms with E-state index in [-0.39, 0.29) is 53.6 Å². The molecule has 0 bridgehead atoms. The molecule has 416 valence electrons. The van der Waals surface area contributed by atoms with Gasteiger partial charge in [0.25, 0.3) is 0 Å². The summed E-state index contributed by atoms with van der Waals surface area (Å²) in [5, 5.41) is 2.21. The zero-order valence-corrected chi connectivity index (χ0v) is 52.3. The molecule has 3 heterocycles. The van der Waals surface area contributed by atoms with Crippen LogP contribution in [0.5, 0.6) is 11.5 Å². The van der Waals surface area contributed by atoms with Crippen LogP contribution < -0.4 is 14.5 Å². The van der Waals surface area contributed by atoms with Crippen molar-refractivity contribution in [3.8, 4) is 17.3 Å². The Morgan fingerprint density at radius 2 is 0.901 bits per heavy atom. The van der Waals surface area contributed by atoms with Crippen molar-refractivity contribution in [3.63, 3.8) is 0 Å². The van der Waals surface area contributed by atoms with Crippen molar-refractivity contribution < 1.29 is 25.8 Å². The molecule has 0 fully saturated rings. The third-order valence-corrected chi connectivity index (χ3v) is 17.1. The van der Waals surface area contributed by atoms with Gasteiger partial charge in [-0.2, -0.15) is 6.07 Å². The Balaban J connectivity index is 0.00000736. The number of hydrogen-bond donors (Lipinski definition) is 0. The van der Waals surface area contributed by atoms with Crippen LogP contribution in [0.15, 0.2) is 188 Å². The summed E-state index contributed by atoms with van der Waals surface area (Å²) in [6, 6.07) is 74.0. The zero-order valence-electron chi connectivity index (χ0n) is 50.0. The van der Waals surface area contributed by atoms with Crippen molar-refractivity contribution >= 4 is 44.6 Å². The second-order valence-electron chi connectivity index (χ2n) is 26.8. The predicted octanol–water partition coefficient (Wildman–Crippen LogP) is 19.8. The van der Waals surface area contributed by atoms with Gasteiger partial charge in [0.1, 0.15) is 5.82 Å². The summed E-state index contributed by atoms with van der Waals surface area (Å²) in [7, 11) is 0. The van der Waals surface area contributed by atoms with E-state index in [1.807, 2.05) is 12.3 Å². The Bertz CT molecular complexity index is 3890. The van der Waals surface area contributed by atoms with E-state index >= 15 is 0 Å². The van der Waals surface area contributed by atoms with Gasteiger partial charge in [-0.15, -0.1) is 53.6 Å². The maximum Gasteiger partial charge on any atom is 0.135 e. The molecule has 0 saturated carbocycles. The number of aromatic nitrogens is 2. The Morgan fingerprint density at radius 3 is 1.44 bits per heavy atom. The number of para-hydroxylation sites is 1. The van der Waals surface area contributed by atoms with E-state index < -0.39 is 0 Å². The number of hydrogen-bond acceptors (Lipinski definition) is 4. The molecule has 0 radical (unpaired) electrons. The van der Waals surface area contributed by atoms with Gasteiger partial charge in [-0.1, -0.05) is 225 Å². The molecule has 6 heteroatoms. The van der Waals surface area contributed by atoms with Crippen molar-refractivity contribution in [3.05, 3.63) is 257 Å². The number of fused-ring (bicyclic) bond motifs is 4. The van der Waals surface area contributed by atoms with Gasteiger partial charge in [-0.05, 0) is 109 Å². The minimum Gasteiger partial charge on any atom is -0.509 e. The SMILES string of the molecule is CC(C)(C)c1cc(Oc2[c-]c3c(cc2)c2ccccc2n3-c2cc(C(C)(C)c3ccccc3)ccn2)[c-]c(N2[CH-]N(c3cc(C(C)(C)C)cc(C(C)(C)C)c3)c3cc(C(C)(C)c4ccccc4)c(C(C)(C)c4ccccc4)cc32)c1.[Pt]. The van der Waals surface area contributed by atoms with Crippen LogP contribution in [0.2, 0.25) is 0 Å². The first-order chi connectivity index (χ1) is 37.8. The van der Waals surface area contributed by atoms with E-state index in [9.17, 15) is 0 Å². The predicted molar refractivity (Wildman–Crippen MR) is 336 cm³/mol. The maximum absolute atomic E-state index is 7.10. The van der Waals surface area contributed by atoms with Crippen LogP contribution in [0, 0.1) is 18.8 Å². The molecular weight excluding hydrogens is 1170 g/mol. The summed E-state index contributed by atoms with van der Waals surface area (Å²) in [5.41, 5.74) is 15.9. The number of rotatable bonds is 11. The number of anilines is 4. The van der Waals surface area contributed by atoms with Gasteiger partial charge in [-0.3, -0.25) is 0 Å². The molecule has 2 aromatic heterocycles. The fraction of sp³-hybridized carbons (Fsp3) is 0.280. The molecule has 81 heavy (non-hydrogen) atoms. The van der Waals surface area contributed by atoms with Crippen LogP contribution >= 0.6 is 0 Å². The number of nitrogens with zero attached hydrogens (tertiary/aromatic N) is 4. The molecule has 0 N–H and O–H groups in total. The second kappa shape index (κ2) is 21.0. The van der Waals surface area contributed by atoms with Crippen LogP contribution in [0.3, 0.4) is 0 Å². The van der Waals surface area contributed by atoms with Crippen molar-refractivity contribution in [2.75, 3.05) is 9.80 Å². The molecule has 0 saturated heterocycles. The molecule has 1 aliphatic heterocycles. The summed E-state index contributed by atoms with van der Waals surface area (Å²) in [6.45, 7) is 37.1. The van der Waals surface area contributed by atoms with Gasteiger partial charge < -0.3 is 19.1 Å². The van der Waals surface area contributed by atoms with E-state index in [0.29, 0.717) is 11.5 Å². The molecule has 1 aliphatic rings. The molecule has 0 aliphatic carbocycles. The summed E-state index contributed by atoms with van der Waals surface area (Å²) in [4.78, 5) is 9.80. The van der Waals surface area contributed by atoms with Crippen molar-refractivity contribution in [1.82, 2.24) is 9.55 Å². The summed E-state index contributed by atoms with van der Waals surface area (Å²) in [5.74, 6) is 2.03. The van der Waals surface area contributed by atoms with E-state index in [1.165, 1.54) is 44.5 Å². The zero-order chi connectivity index (χ0) is 56.7. The van der Waals surface area contributed by atoms with Crippen LogP contribution in [-0.4, -0.2) is 9.55 Å². The first kappa shape index (κ1) is 57.0. The van der Waals surface area contributed by atoms with Gasteiger partial charge in [0.2, 0.25) is 0 Å². The molecule has 0 atom stereocenters. The van der Waals surface area contributed by atoms with E-state index in [1.54, 1.807) is 0 Å². The van der Waals surface area contributed by atoms with Crippen molar-refractivity contribution in [2.45, 2.75) is 136 Å². The first-order valence-electron chi connectivity index (χ1n) is 28.4. The maximum atomic E-state index is 7.10. The van der Waals surface area contributed by atoms with Gasteiger partial charge in [-0.25, -0.2) is 4.98 Å². The van der Waals surface area contributed by atoms with Crippen LogP contribution in [0.25, 0.3) is 27.6 Å². The van der Waals surface area contributed by atoms with Crippen molar-refractivity contribution in [1.29, 1.82) is 0 Å². The minimum atomic E-state index is -0.376. The molecule has 8 aromatic carbocycles. The van der Waals surface area contributed by atoms with Crippen LogP contribution in [0.4, 0.5) is 22.7 Å². The Labute approximate surface area is 497 Å². The normalized spacial score (nSPS) is 13.4. The number of ether oxygens (including phenoxy) is 1. The minimum absolute atomic E-state index is 0. The molecular formula is C75H77N4OPt-3. The monoisotopic (exact) mass is 1240 g/mol. The molecule has 0 spiro atoms. The second-order valence-corrected chi connectivity index (χ2v) is 26.8. The first-order valence-corrected chi connectivity index (χ1v) is 28.4. The largest absolute Gasteiger partial charge is 0.509 e. The average molecular weight is 1250 g/mol. The molecule has 11 rings (SSSR count). The number of pyridine rings is 1. The third-order valence-electron chi connectivity index (χ3n) is 17.1. The van der Waals surface area contributed by atoms with Gasteiger partial charge in [0, 0.05) is 77.6 Å². The summed E-state index contributed by atoms with van der Waals surface area (Å²) >= 11 is 0. The fourth-order valence-electron chi connectivity index (χ4n) is 11.7. The van der Waals surface area contributed by atoms with E-state index in [2.05, 4.69) is 313 Å². The van der Waals surface area contributed by atoms with Crippen molar-refractivity contribution in [2.24, 2.45) is 0 Å². The quantitative estimate of drug-likeness (QED) is 0.121.